The van der Waals surface area contributed by atoms with Crippen molar-refractivity contribution >= 4 is 22.6 Å². The molecule has 0 aliphatic rings. The SMILES string of the molecule is CCn1c(-c2ccc(Cl)cc2)nc2cc(CN)ccc21. The van der Waals surface area contributed by atoms with Crippen LogP contribution in [0.3, 0.4) is 0 Å². The van der Waals surface area contributed by atoms with Gasteiger partial charge in [0.1, 0.15) is 5.82 Å². The predicted octanol–water partition coefficient (Wildman–Crippen LogP) is 3.84. The van der Waals surface area contributed by atoms with Crippen molar-refractivity contribution < 1.29 is 0 Å². The molecular weight excluding hydrogens is 270 g/mol. The lowest BCUT2D eigenvalue weighted by Crippen LogP contribution is -1.98. The first-order valence-electron chi connectivity index (χ1n) is 6.68. The number of aryl methyl sites for hydroxylation is 1. The molecule has 1 aromatic heterocycles. The summed E-state index contributed by atoms with van der Waals surface area (Å²) in [4.78, 5) is 4.76. The van der Waals surface area contributed by atoms with Gasteiger partial charge in [0.15, 0.2) is 0 Å². The maximum atomic E-state index is 5.95. The number of nitrogens with zero attached hydrogens (tertiary/aromatic N) is 2. The topological polar surface area (TPSA) is 43.8 Å². The number of halogens is 1. The van der Waals surface area contributed by atoms with E-state index >= 15 is 0 Å². The van der Waals surface area contributed by atoms with Crippen LogP contribution in [0.15, 0.2) is 42.5 Å². The highest BCUT2D eigenvalue weighted by Gasteiger charge is 2.11. The summed E-state index contributed by atoms with van der Waals surface area (Å²) in [6.45, 7) is 3.53. The van der Waals surface area contributed by atoms with Gasteiger partial charge in [0.05, 0.1) is 11.0 Å². The number of imidazole rings is 1. The number of hydrogen-bond donors (Lipinski definition) is 1. The van der Waals surface area contributed by atoms with Gasteiger partial charge in [-0.2, -0.15) is 0 Å². The van der Waals surface area contributed by atoms with Crippen LogP contribution >= 0.6 is 11.6 Å². The third kappa shape index (κ3) is 2.19. The van der Waals surface area contributed by atoms with Crippen LogP contribution in [0, 0.1) is 0 Å². The van der Waals surface area contributed by atoms with Crippen molar-refractivity contribution in [2.45, 2.75) is 20.0 Å². The monoisotopic (exact) mass is 285 g/mol. The van der Waals surface area contributed by atoms with Gasteiger partial charge >= 0.3 is 0 Å². The molecule has 2 aromatic carbocycles. The number of benzene rings is 2. The Morgan fingerprint density at radius 3 is 2.55 bits per heavy atom. The molecule has 102 valence electrons. The zero-order valence-corrected chi connectivity index (χ0v) is 12.1. The van der Waals surface area contributed by atoms with E-state index in [1.54, 1.807) is 0 Å². The Hall–Kier alpha value is -1.84. The third-order valence-corrected chi connectivity index (χ3v) is 3.72. The van der Waals surface area contributed by atoms with E-state index < -0.39 is 0 Å². The summed E-state index contributed by atoms with van der Waals surface area (Å²) in [5.74, 6) is 0.966. The van der Waals surface area contributed by atoms with E-state index in [4.69, 9.17) is 22.3 Å². The average Bonchev–Trinajstić information content (AvgIpc) is 2.85. The molecule has 0 spiro atoms. The van der Waals surface area contributed by atoms with Gasteiger partial charge in [-0.05, 0) is 48.9 Å². The fourth-order valence-corrected chi connectivity index (χ4v) is 2.57. The van der Waals surface area contributed by atoms with Gasteiger partial charge < -0.3 is 10.3 Å². The van der Waals surface area contributed by atoms with Crippen LogP contribution in [0.5, 0.6) is 0 Å². The normalized spacial score (nSPS) is 11.2. The van der Waals surface area contributed by atoms with Crippen molar-refractivity contribution in [3.63, 3.8) is 0 Å². The maximum Gasteiger partial charge on any atom is 0.141 e. The quantitative estimate of drug-likeness (QED) is 0.795. The summed E-state index contributed by atoms with van der Waals surface area (Å²) in [6, 6.07) is 14.0. The van der Waals surface area contributed by atoms with Crippen molar-refractivity contribution in [3.8, 4) is 11.4 Å². The molecule has 0 radical (unpaired) electrons. The fourth-order valence-electron chi connectivity index (χ4n) is 2.44. The van der Waals surface area contributed by atoms with E-state index in [9.17, 15) is 0 Å². The van der Waals surface area contributed by atoms with Crippen LogP contribution in [0.4, 0.5) is 0 Å². The van der Waals surface area contributed by atoms with Crippen LogP contribution in [-0.2, 0) is 13.1 Å². The first-order chi connectivity index (χ1) is 9.72. The van der Waals surface area contributed by atoms with Crippen LogP contribution in [0.25, 0.3) is 22.4 Å². The number of nitrogens with two attached hydrogens (primary N) is 1. The maximum absolute atomic E-state index is 5.95. The molecule has 0 aliphatic carbocycles. The minimum atomic E-state index is 0.533. The molecular formula is C16H16ClN3. The average molecular weight is 286 g/mol. The third-order valence-electron chi connectivity index (χ3n) is 3.47. The first-order valence-corrected chi connectivity index (χ1v) is 7.06. The predicted molar refractivity (Wildman–Crippen MR) is 83.7 cm³/mol. The Balaban J connectivity index is 2.21. The smallest absolute Gasteiger partial charge is 0.141 e. The molecule has 2 N–H and O–H groups in total. The number of rotatable bonds is 3. The summed E-state index contributed by atoms with van der Waals surface area (Å²) >= 11 is 5.95. The molecule has 0 aliphatic heterocycles. The number of aromatic nitrogens is 2. The lowest BCUT2D eigenvalue weighted by Gasteiger charge is -2.06. The molecule has 0 saturated carbocycles. The van der Waals surface area contributed by atoms with Crippen molar-refractivity contribution in [3.05, 3.63) is 53.1 Å². The van der Waals surface area contributed by atoms with E-state index in [1.165, 1.54) is 0 Å². The lowest BCUT2D eigenvalue weighted by atomic mass is 10.2. The van der Waals surface area contributed by atoms with Crippen molar-refractivity contribution in [2.24, 2.45) is 5.73 Å². The van der Waals surface area contributed by atoms with Gasteiger partial charge in [0.2, 0.25) is 0 Å². The molecule has 0 saturated heterocycles. The molecule has 0 atom stereocenters. The zero-order valence-electron chi connectivity index (χ0n) is 11.3. The molecule has 0 unspecified atom stereocenters. The van der Waals surface area contributed by atoms with Crippen LogP contribution in [-0.4, -0.2) is 9.55 Å². The highest BCUT2D eigenvalue weighted by atomic mass is 35.5. The van der Waals surface area contributed by atoms with Gasteiger partial charge in [-0.15, -0.1) is 0 Å². The molecule has 1 heterocycles. The Morgan fingerprint density at radius 2 is 1.90 bits per heavy atom. The summed E-state index contributed by atoms with van der Waals surface area (Å²) in [5.41, 5.74) is 9.99. The second-order valence-corrected chi connectivity index (χ2v) is 5.15. The molecule has 3 aromatic rings. The Morgan fingerprint density at radius 1 is 1.15 bits per heavy atom. The van der Waals surface area contributed by atoms with Gasteiger partial charge in [0, 0.05) is 23.7 Å². The molecule has 20 heavy (non-hydrogen) atoms. The molecule has 3 nitrogen and oxygen atoms in total. The van der Waals surface area contributed by atoms with Gasteiger partial charge in [-0.25, -0.2) is 4.98 Å². The van der Waals surface area contributed by atoms with Crippen LogP contribution < -0.4 is 5.73 Å². The number of fused-ring (bicyclic) bond motifs is 1. The molecule has 0 fully saturated rings. The molecule has 3 rings (SSSR count). The van der Waals surface area contributed by atoms with Gasteiger partial charge in [-0.1, -0.05) is 17.7 Å². The van der Waals surface area contributed by atoms with Crippen molar-refractivity contribution in [1.82, 2.24) is 9.55 Å². The second-order valence-electron chi connectivity index (χ2n) is 4.71. The summed E-state index contributed by atoms with van der Waals surface area (Å²) in [6.07, 6.45) is 0. The van der Waals surface area contributed by atoms with Crippen LogP contribution in [0.1, 0.15) is 12.5 Å². The second kappa shape index (κ2) is 5.27. The van der Waals surface area contributed by atoms with E-state index in [0.717, 1.165) is 39.6 Å². The summed E-state index contributed by atoms with van der Waals surface area (Å²) < 4.78 is 2.21. The largest absolute Gasteiger partial charge is 0.326 e. The van der Waals surface area contributed by atoms with Crippen molar-refractivity contribution in [1.29, 1.82) is 0 Å². The minimum Gasteiger partial charge on any atom is -0.326 e. The highest BCUT2D eigenvalue weighted by Crippen LogP contribution is 2.26. The summed E-state index contributed by atoms with van der Waals surface area (Å²) in [5, 5.41) is 0.735. The van der Waals surface area contributed by atoms with Gasteiger partial charge in [0.25, 0.3) is 0 Å². The highest BCUT2D eigenvalue weighted by molar-refractivity contribution is 6.30. The minimum absolute atomic E-state index is 0.533. The zero-order chi connectivity index (χ0) is 14.1. The van der Waals surface area contributed by atoms with Gasteiger partial charge in [-0.3, -0.25) is 0 Å². The lowest BCUT2D eigenvalue weighted by molar-refractivity contribution is 0.796. The summed E-state index contributed by atoms with van der Waals surface area (Å²) in [7, 11) is 0. The Labute approximate surface area is 123 Å². The molecule has 4 heteroatoms. The number of hydrogen-bond acceptors (Lipinski definition) is 2. The molecule has 0 amide bonds. The Kier molecular flexibility index (Phi) is 3.47. The Bertz CT molecular complexity index is 744. The standard InChI is InChI=1S/C16H16ClN3/c1-2-20-15-8-3-11(10-18)9-14(15)19-16(20)12-4-6-13(17)7-5-12/h3-9H,2,10,18H2,1H3. The van der Waals surface area contributed by atoms with Crippen LogP contribution in [0.2, 0.25) is 5.02 Å². The van der Waals surface area contributed by atoms with Crippen molar-refractivity contribution in [2.75, 3.05) is 0 Å². The van der Waals surface area contributed by atoms with E-state index in [-0.39, 0.29) is 0 Å². The van der Waals surface area contributed by atoms with E-state index in [1.807, 2.05) is 24.3 Å². The van der Waals surface area contributed by atoms with E-state index in [2.05, 4.69) is 29.7 Å². The first kappa shape index (κ1) is 13.2. The fraction of sp³-hybridized carbons (Fsp3) is 0.188. The van der Waals surface area contributed by atoms with E-state index in [0.29, 0.717) is 6.54 Å². The molecule has 0 bridgehead atoms.